The van der Waals surface area contributed by atoms with E-state index < -0.39 is 6.09 Å². The van der Waals surface area contributed by atoms with Crippen molar-refractivity contribution in [2.75, 3.05) is 26.4 Å². The maximum atomic E-state index is 12.5. The van der Waals surface area contributed by atoms with Crippen molar-refractivity contribution in [3.8, 4) is 6.26 Å². The van der Waals surface area contributed by atoms with Crippen LogP contribution < -0.4 is 5.32 Å². The van der Waals surface area contributed by atoms with Crippen molar-refractivity contribution in [2.45, 2.75) is 105 Å². The minimum atomic E-state index is -0.449. The summed E-state index contributed by atoms with van der Waals surface area (Å²) in [7, 11) is 0. The highest BCUT2D eigenvalue weighted by atomic mass is 16.5. The van der Waals surface area contributed by atoms with E-state index in [0.717, 1.165) is 38.5 Å². The quantitative estimate of drug-likeness (QED) is 0.112. The highest BCUT2D eigenvalue weighted by molar-refractivity contribution is 5.69. The van der Waals surface area contributed by atoms with Crippen molar-refractivity contribution in [1.82, 2.24) is 5.32 Å². The van der Waals surface area contributed by atoms with Crippen LogP contribution >= 0.6 is 0 Å². The van der Waals surface area contributed by atoms with E-state index in [1.165, 1.54) is 0 Å². The minimum absolute atomic E-state index is 0.0170. The van der Waals surface area contributed by atoms with E-state index in [1.807, 2.05) is 0 Å². The Morgan fingerprint density at radius 2 is 1.55 bits per heavy atom. The summed E-state index contributed by atoms with van der Waals surface area (Å²) in [5, 5.41) is 11.7. The number of unbranched alkanes of at least 4 members (excludes halogenated alkanes) is 1. The molecule has 0 aliphatic heterocycles. The Balaban J connectivity index is 1.66. The Morgan fingerprint density at radius 1 is 0.921 bits per heavy atom. The van der Waals surface area contributed by atoms with Crippen LogP contribution in [0.5, 0.6) is 0 Å². The van der Waals surface area contributed by atoms with Gasteiger partial charge in [-0.15, -0.1) is 0 Å². The normalized spacial score (nSPS) is 29.7. The van der Waals surface area contributed by atoms with Crippen LogP contribution in [0.15, 0.2) is 4.99 Å². The van der Waals surface area contributed by atoms with Crippen molar-refractivity contribution >= 4 is 18.1 Å². The Morgan fingerprint density at radius 3 is 2.21 bits per heavy atom. The summed E-state index contributed by atoms with van der Waals surface area (Å²) in [6.07, 6.45) is 9.72. The van der Waals surface area contributed by atoms with Crippen LogP contribution in [0, 0.1) is 39.1 Å². The second kappa shape index (κ2) is 13.5. The minimum Gasteiger partial charge on any atom is -0.466 e. The molecule has 38 heavy (non-hydrogen) atoms. The average molecular weight is 534 g/mol. The predicted octanol–water partition coefficient (Wildman–Crippen LogP) is 5.68. The average Bonchev–Trinajstić information content (AvgIpc) is 2.76. The lowest BCUT2D eigenvalue weighted by Gasteiger charge is -2.45. The third-order valence-electron chi connectivity index (χ3n) is 7.79. The van der Waals surface area contributed by atoms with Gasteiger partial charge in [-0.2, -0.15) is 5.26 Å². The first-order valence-electron chi connectivity index (χ1n) is 13.8. The summed E-state index contributed by atoms with van der Waals surface area (Å²) in [6, 6.07) is -0.0450. The standard InChI is InChI=1S/C29H47N3O6/c1-26(2)12-22(13-28(5,16-26)18-31-21-33)11-24(34)37-9-7-8-10-38-25(35)32-23-14-27(3,4)17-29(6,15-23)19-36-20-30/h22-23H,7-19H2,1-6H3,(H,32,35). The van der Waals surface area contributed by atoms with Crippen LogP contribution in [0.3, 0.4) is 0 Å². The van der Waals surface area contributed by atoms with Crippen LogP contribution in [-0.2, 0) is 23.8 Å². The fourth-order valence-corrected chi connectivity index (χ4v) is 7.45. The van der Waals surface area contributed by atoms with Gasteiger partial charge in [-0.3, -0.25) is 4.79 Å². The van der Waals surface area contributed by atoms with Gasteiger partial charge in [-0.25, -0.2) is 14.6 Å². The van der Waals surface area contributed by atoms with Crippen molar-refractivity contribution in [2.24, 2.45) is 32.6 Å². The van der Waals surface area contributed by atoms with Gasteiger partial charge in [0.15, 0.2) is 0 Å². The summed E-state index contributed by atoms with van der Waals surface area (Å²) in [6.45, 7) is 14.2. The smallest absolute Gasteiger partial charge is 0.407 e. The second-order valence-corrected chi connectivity index (χ2v) is 13.9. The van der Waals surface area contributed by atoms with E-state index in [0.29, 0.717) is 39.0 Å². The summed E-state index contributed by atoms with van der Waals surface area (Å²) < 4.78 is 15.8. The Labute approximate surface area is 228 Å². The van der Waals surface area contributed by atoms with Gasteiger partial charge in [0, 0.05) is 17.9 Å². The molecule has 2 aliphatic carbocycles. The molecule has 0 bridgehead atoms. The molecule has 9 heteroatoms. The van der Waals surface area contributed by atoms with Crippen LogP contribution in [0.4, 0.5) is 4.79 Å². The lowest BCUT2D eigenvalue weighted by molar-refractivity contribution is -0.146. The number of isocyanates is 1. The number of aliphatic imine (C=N–C) groups is 1. The van der Waals surface area contributed by atoms with Crippen molar-refractivity contribution < 1.29 is 28.6 Å². The molecule has 0 aromatic rings. The molecule has 1 N–H and O–H groups in total. The van der Waals surface area contributed by atoms with E-state index in [2.05, 4.69) is 51.9 Å². The van der Waals surface area contributed by atoms with Gasteiger partial charge in [0.05, 0.1) is 19.8 Å². The van der Waals surface area contributed by atoms with Crippen molar-refractivity contribution in [3.63, 3.8) is 0 Å². The molecule has 4 unspecified atom stereocenters. The van der Waals surface area contributed by atoms with E-state index in [-0.39, 0.29) is 46.2 Å². The summed E-state index contributed by atoms with van der Waals surface area (Å²) in [5.41, 5.74) is -0.207. The van der Waals surface area contributed by atoms with Gasteiger partial charge in [0.25, 0.3) is 6.26 Å². The summed E-state index contributed by atoms with van der Waals surface area (Å²) in [5.74, 6) is -0.0147. The van der Waals surface area contributed by atoms with Crippen molar-refractivity contribution in [3.05, 3.63) is 0 Å². The monoisotopic (exact) mass is 533 g/mol. The van der Waals surface area contributed by atoms with Crippen LogP contribution in [0.2, 0.25) is 0 Å². The number of nitrogens with one attached hydrogen (secondary N) is 1. The number of rotatable bonds is 12. The first-order valence-corrected chi connectivity index (χ1v) is 13.8. The fourth-order valence-electron chi connectivity index (χ4n) is 7.45. The molecule has 2 rings (SSSR count). The summed E-state index contributed by atoms with van der Waals surface area (Å²) >= 11 is 0. The molecule has 0 saturated heterocycles. The number of carbonyl (C=O) groups excluding carboxylic acids is 3. The number of nitriles is 1. The van der Waals surface area contributed by atoms with Gasteiger partial charge >= 0.3 is 12.1 Å². The van der Waals surface area contributed by atoms with E-state index in [9.17, 15) is 14.4 Å². The van der Waals surface area contributed by atoms with Gasteiger partial charge in [-0.1, -0.05) is 41.5 Å². The van der Waals surface area contributed by atoms with Crippen LogP contribution in [-0.4, -0.2) is 50.5 Å². The predicted molar refractivity (Wildman–Crippen MR) is 143 cm³/mol. The Kier molecular flexibility index (Phi) is 11.2. The third kappa shape index (κ3) is 11.0. The highest BCUT2D eigenvalue weighted by Crippen LogP contribution is 2.50. The first-order chi connectivity index (χ1) is 17.7. The Bertz CT molecular complexity index is 906. The molecule has 1 amide bonds. The molecule has 0 heterocycles. The van der Waals surface area contributed by atoms with Gasteiger partial charge in [0.1, 0.15) is 6.61 Å². The number of amides is 1. The van der Waals surface area contributed by atoms with E-state index in [1.54, 1.807) is 12.3 Å². The van der Waals surface area contributed by atoms with Gasteiger partial charge < -0.3 is 19.5 Å². The molecule has 0 spiro atoms. The topological polar surface area (TPSA) is 127 Å². The number of nitrogens with zero attached hydrogens (tertiary/aromatic N) is 2. The molecular formula is C29H47N3O6. The fraction of sp³-hybridized carbons (Fsp3) is 0.862. The zero-order valence-corrected chi connectivity index (χ0v) is 24.2. The number of esters is 1. The molecule has 2 aliphatic rings. The number of alkyl carbamates (subject to hydrolysis) is 1. The highest BCUT2D eigenvalue weighted by Gasteiger charge is 2.43. The van der Waals surface area contributed by atoms with Gasteiger partial charge in [-0.05, 0) is 73.5 Å². The maximum absolute atomic E-state index is 12.5. The lowest BCUT2D eigenvalue weighted by atomic mass is 9.60. The molecule has 4 atom stereocenters. The zero-order valence-electron chi connectivity index (χ0n) is 24.2. The van der Waals surface area contributed by atoms with Crippen LogP contribution in [0.1, 0.15) is 99.3 Å². The second-order valence-electron chi connectivity index (χ2n) is 13.9. The number of carbonyl (C=O) groups is 2. The van der Waals surface area contributed by atoms with Gasteiger partial charge in [0.2, 0.25) is 6.08 Å². The lowest BCUT2D eigenvalue weighted by Crippen LogP contribution is -2.48. The van der Waals surface area contributed by atoms with E-state index >= 15 is 0 Å². The first kappa shape index (κ1) is 31.6. The number of hydrogen-bond acceptors (Lipinski definition) is 8. The molecule has 214 valence electrons. The zero-order chi connectivity index (χ0) is 28.5. The number of hydrogen-bond donors (Lipinski definition) is 1. The SMILES string of the molecule is CC1(C)CC(CC(=O)OCCCCOC(=O)NC2CC(C)(C)CC(C)(COC#N)C2)CC(C)(CN=C=O)C1. The van der Waals surface area contributed by atoms with Crippen LogP contribution in [0.25, 0.3) is 0 Å². The molecular weight excluding hydrogens is 486 g/mol. The molecule has 2 fully saturated rings. The molecule has 2 saturated carbocycles. The largest absolute Gasteiger partial charge is 0.466 e. The maximum Gasteiger partial charge on any atom is 0.407 e. The van der Waals surface area contributed by atoms with Crippen molar-refractivity contribution in [1.29, 1.82) is 5.26 Å². The molecule has 0 radical (unpaired) electrons. The van der Waals surface area contributed by atoms with E-state index in [4.69, 9.17) is 19.5 Å². The molecule has 9 nitrogen and oxygen atoms in total. The molecule has 0 aromatic heterocycles. The summed E-state index contributed by atoms with van der Waals surface area (Å²) in [4.78, 5) is 39.2. The Hall–Kier alpha value is -2.59. The molecule has 0 aromatic carbocycles. The number of ether oxygens (including phenoxy) is 3. The third-order valence-corrected chi connectivity index (χ3v) is 7.79.